The molecule has 0 saturated carbocycles. The Labute approximate surface area is 177 Å². The predicted molar refractivity (Wildman–Crippen MR) is 113 cm³/mol. The number of nitrogens with one attached hydrogen (secondary N) is 1. The number of fused-ring (bicyclic) bond motifs is 1. The number of thiophene rings is 1. The van der Waals surface area contributed by atoms with Crippen LogP contribution < -0.4 is 5.32 Å². The number of nitrogens with zero attached hydrogens (tertiary/aromatic N) is 2. The molecule has 1 N–H and O–H groups in total. The van der Waals surface area contributed by atoms with Crippen LogP contribution in [0.4, 0.5) is 5.00 Å². The van der Waals surface area contributed by atoms with Gasteiger partial charge in [-0.3, -0.25) is 9.59 Å². The molecule has 2 aromatic heterocycles. The summed E-state index contributed by atoms with van der Waals surface area (Å²) in [7, 11) is 0. The van der Waals surface area contributed by atoms with Crippen molar-refractivity contribution < 1.29 is 19.1 Å². The Morgan fingerprint density at radius 1 is 1.21 bits per heavy atom. The smallest absolute Gasteiger partial charge is 0.341 e. The highest BCUT2D eigenvalue weighted by Crippen LogP contribution is 2.34. The van der Waals surface area contributed by atoms with Gasteiger partial charge in [-0.25, -0.2) is 14.8 Å². The third-order valence-electron chi connectivity index (χ3n) is 4.65. The van der Waals surface area contributed by atoms with Crippen LogP contribution >= 0.6 is 23.1 Å². The average molecular weight is 434 g/mol. The van der Waals surface area contributed by atoms with E-state index in [9.17, 15) is 14.4 Å². The number of hydrogen-bond acceptors (Lipinski definition) is 8. The molecule has 0 unspecified atom stereocenters. The summed E-state index contributed by atoms with van der Waals surface area (Å²) in [6.07, 6.45) is 3.05. The zero-order chi connectivity index (χ0) is 21.1. The van der Waals surface area contributed by atoms with Crippen molar-refractivity contribution in [3.8, 4) is 0 Å². The molecule has 2 heterocycles. The fraction of sp³-hybridized carbons (Fsp3) is 0.450. The lowest BCUT2D eigenvalue weighted by atomic mass is 10.1. The zero-order valence-corrected chi connectivity index (χ0v) is 18.5. The number of thioether (sulfide) groups is 1. The maximum Gasteiger partial charge on any atom is 0.341 e. The van der Waals surface area contributed by atoms with Gasteiger partial charge in [-0.2, -0.15) is 0 Å². The lowest BCUT2D eigenvalue weighted by Gasteiger charge is -2.08. The number of Topliss-reactive ketones (excluding diaryl/α,β-unsaturated/α-hetero) is 1. The largest absolute Gasteiger partial charge is 0.462 e. The molecule has 0 bridgehead atoms. The van der Waals surface area contributed by atoms with Crippen LogP contribution in [0.1, 0.15) is 62.8 Å². The van der Waals surface area contributed by atoms with Gasteiger partial charge < -0.3 is 10.1 Å². The SMILES string of the molecule is CCOC(=O)c1c(NC(=O)CSc2nc(C)c3c(n2)CCC3)sc(C(C)=O)c1C. The molecule has 0 aromatic carbocycles. The molecule has 0 saturated heterocycles. The minimum absolute atomic E-state index is 0.104. The molecular formula is C20H23N3O4S2. The van der Waals surface area contributed by atoms with Gasteiger partial charge in [0.15, 0.2) is 10.9 Å². The standard InChI is InChI=1S/C20H23N3O4S2/c1-5-27-19(26)16-10(2)17(12(4)24)29-18(16)23-15(25)9-28-20-21-11(3)13-7-6-8-14(13)22-20/h5-9H2,1-4H3,(H,23,25). The summed E-state index contributed by atoms with van der Waals surface area (Å²) >= 11 is 2.35. The van der Waals surface area contributed by atoms with E-state index in [1.807, 2.05) is 6.92 Å². The number of ketones is 1. The summed E-state index contributed by atoms with van der Waals surface area (Å²) in [4.78, 5) is 46.2. The maximum absolute atomic E-state index is 12.5. The zero-order valence-electron chi connectivity index (χ0n) is 16.9. The third kappa shape index (κ3) is 4.67. The van der Waals surface area contributed by atoms with Crippen molar-refractivity contribution in [2.75, 3.05) is 17.7 Å². The molecule has 0 fully saturated rings. The van der Waals surface area contributed by atoms with E-state index in [2.05, 4.69) is 15.3 Å². The lowest BCUT2D eigenvalue weighted by Crippen LogP contribution is -2.16. The molecule has 1 amide bonds. The van der Waals surface area contributed by atoms with Crippen molar-refractivity contribution in [1.82, 2.24) is 9.97 Å². The normalized spacial score (nSPS) is 12.6. The highest BCUT2D eigenvalue weighted by atomic mass is 32.2. The van der Waals surface area contributed by atoms with Crippen molar-refractivity contribution in [2.45, 2.75) is 52.1 Å². The molecule has 2 aromatic rings. The summed E-state index contributed by atoms with van der Waals surface area (Å²) in [6, 6.07) is 0. The van der Waals surface area contributed by atoms with E-state index in [0.29, 0.717) is 20.6 Å². The molecule has 3 rings (SSSR count). The number of hydrogen-bond donors (Lipinski definition) is 1. The van der Waals surface area contributed by atoms with E-state index >= 15 is 0 Å². The summed E-state index contributed by atoms with van der Waals surface area (Å²) in [6.45, 7) is 7.01. The Balaban J connectivity index is 1.73. The van der Waals surface area contributed by atoms with E-state index in [1.165, 1.54) is 24.2 Å². The molecule has 0 radical (unpaired) electrons. The van der Waals surface area contributed by atoms with Crippen molar-refractivity contribution in [1.29, 1.82) is 0 Å². The highest BCUT2D eigenvalue weighted by Gasteiger charge is 2.25. The Hall–Kier alpha value is -2.26. The van der Waals surface area contributed by atoms with Crippen molar-refractivity contribution in [3.05, 3.63) is 33.0 Å². The number of rotatable bonds is 7. The van der Waals surface area contributed by atoms with Crippen LogP contribution in [0.5, 0.6) is 0 Å². The lowest BCUT2D eigenvalue weighted by molar-refractivity contribution is -0.113. The number of aryl methyl sites for hydroxylation is 2. The van der Waals surface area contributed by atoms with Gasteiger partial charge in [0.05, 0.1) is 22.8 Å². The summed E-state index contributed by atoms with van der Waals surface area (Å²) in [5.74, 6) is -0.893. The van der Waals surface area contributed by atoms with Crippen molar-refractivity contribution in [2.24, 2.45) is 0 Å². The molecule has 29 heavy (non-hydrogen) atoms. The van der Waals surface area contributed by atoms with Crippen LogP contribution in [0.2, 0.25) is 0 Å². The topological polar surface area (TPSA) is 98.2 Å². The minimum Gasteiger partial charge on any atom is -0.462 e. The molecular weight excluding hydrogens is 410 g/mol. The number of esters is 1. The van der Waals surface area contributed by atoms with Crippen molar-refractivity contribution in [3.63, 3.8) is 0 Å². The molecule has 1 aliphatic carbocycles. The van der Waals surface area contributed by atoms with Gasteiger partial charge in [-0.05, 0) is 58.1 Å². The second kappa shape index (κ2) is 9.04. The summed E-state index contributed by atoms with van der Waals surface area (Å²) < 4.78 is 5.09. The second-order valence-corrected chi connectivity index (χ2v) is 8.71. The number of carbonyl (C=O) groups excluding carboxylic acids is 3. The van der Waals surface area contributed by atoms with Gasteiger partial charge in [-0.1, -0.05) is 11.8 Å². The first-order chi connectivity index (χ1) is 13.8. The number of ether oxygens (including phenoxy) is 1. The van der Waals surface area contributed by atoms with Crippen LogP contribution in [0.15, 0.2) is 5.16 Å². The van der Waals surface area contributed by atoms with Gasteiger partial charge in [0, 0.05) is 11.4 Å². The van der Waals surface area contributed by atoms with E-state index < -0.39 is 5.97 Å². The van der Waals surface area contributed by atoms with E-state index in [0.717, 1.165) is 42.0 Å². The number of amides is 1. The van der Waals surface area contributed by atoms with Crippen LogP contribution in [0, 0.1) is 13.8 Å². The van der Waals surface area contributed by atoms with E-state index in [4.69, 9.17) is 4.74 Å². The second-order valence-electron chi connectivity index (χ2n) is 6.74. The van der Waals surface area contributed by atoms with Gasteiger partial charge in [-0.15, -0.1) is 11.3 Å². The van der Waals surface area contributed by atoms with Crippen LogP contribution in [-0.2, 0) is 22.4 Å². The molecule has 9 heteroatoms. The monoisotopic (exact) mass is 433 g/mol. The van der Waals surface area contributed by atoms with E-state index in [1.54, 1.807) is 13.8 Å². The fourth-order valence-electron chi connectivity index (χ4n) is 3.34. The molecule has 0 atom stereocenters. The molecule has 1 aliphatic rings. The Kier molecular flexibility index (Phi) is 6.69. The first-order valence-electron chi connectivity index (χ1n) is 9.42. The molecule has 0 spiro atoms. The van der Waals surface area contributed by atoms with Crippen LogP contribution in [0.25, 0.3) is 0 Å². The first-order valence-corrected chi connectivity index (χ1v) is 11.2. The van der Waals surface area contributed by atoms with Gasteiger partial charge in [0.1, 0.15) is 5.00 Å². The fourth-order valence-corrected chi connectivity index (χ4v) is 5.15. The molecule has 0 aliphatic heterocycles. The maximum atomic E-state index is 12.5. The number of anilines is 1. The molecule has 154 valence electrons. The van der Waals surface area contributed by atoms with Crippen molar-refractivity contribution >= 4 is 45.8 Å². The quantitative estimate of drug-likeness (QED) is 0.307. The average Bonchev–Trinajstić information content (AvgIpc) is 3.25. The Morgan fingerprint density at radius 2 is 1.97 bits per heavy atom. The van der Waals surface area contributed by atoms with Crippen LogP contribution in [-0.4, -0.2) is 40.0 Å². The third-order valence-corrected chi connectivity index (χ3v) is 6.81. The molecule has 7 nitrogen and oxygen atoms in total. The Morgan fingerprint density at radius 3 is 2.66 bits per heavy atom. The minimum atomic E-state index is -0.547. The highest BCUT2D eigenvalue weighted by molar-refractivity contribution is 7.99. The summed E-state index contributed by atoms with van der Waals surface area (Å²) in [5, 5.41) is 3.67. The van der Waals surface area contributed by atoms with Gasteiger partial charge in [0.25, 0.3) is 0 Å². The Bertz CT molecular complexity index is 985. The number of carbonyl (C=O) groups is 3. The predicted octanol–water partition coefficient (Wildman–Crippen LogP) is 3.75. The first kappa shape index (κ1) is 21.4. The van der Waals surface area contributed by atoms with Crippen LogP contribution in [0.3, 0.4) is 0 Å². The van der Waals surface area contributed by atoms with E-state index in [-0.39, 0.29) is 29.6 Å². The van der Waals surface area contributed by atoms with Gasteiger partial charge >= 0.3 is 5.97 Å². The summed E-state index contributed by atoms with van der Waals surface area (Å²) in [5.41, 5.74) is 4.04. The van der Waals surface area contributed by atoms with Gasteiger partial charge in [0.2, 0.25) is 5.91 Å². The number of aromatic nitrogens is 2.